The highest BCUT2D eigenvalue weighted by Gasteiger charge is 2.70. The first-order valence-electron chi connectivity index (χ1n) is 14.8. The van der Waals surface area contributed by atoms with Gasteiger partial charge in [-0.15, -0.1) is 11.3 Å². The van der Waals surface area contributed by atoms with Crippen LogP contribution in [-0.2, 0) is 26.3 Å². The van der Waals surface area contributed by atoms with Crippen LogP contribution in [0, 0.1) is 0 Å². The SMILES string of the molecule is COc1cc(C(=O)N2C(c3nccs3)C(F)(C(=O)NCCCO)CC2(Cn2cccn2)C(=O)OC(C)(C)C)ccc1C(C)(C)C. The second-order valence-corrected chi connectivity index (χ2v) is 14.1. The van der Waals surface area contributed by atoms with Crippen LogP contribution in [0.2, 0.25) is 0 Å². The molecule has 3 atom stereocenters. The number of alkyl halides is 1. The molecule has 3 unspecified atom stereocenters. The predicted octanol–water partition coefficient (Wildman–Crippen LogP) is 4.22. The number of halogens is 1. The molecule has 1 aliphatic heterocycles. The third kappa shape index (κ3) is 6.89. The van der Waals surface area contributed by atoms with Gasteiger partial charge in [0.2, 0.25) is 5.67 Å². The normalized spacial score (nSPS) is 21.9. The highest BCUT2D eigenvalue weighted by Crippen LogP contribution is 2.54. The summed E-state index contributed by atoms with van der Waals surface area (Å²) < 4.78 is 30.8. The van der Waals surface area contributed by atoms with Gasteiger partial charge in [0.15, 0.2) is 5.54 Å². The number of rotatable bonds is 10. The zero-order valence-corrected chi connectivity index (χ0v) is 27.6. The number of aromatic nitrogens is 3. The summed E-state index contributed by atoms with van der Waals surface area (Å²) in [5, 5.41) is 17.8. The largest absolute Gasteiger partial charge is 0.496 e. The summed E-state index contributed by atoms with van der Waals surface area (Å²) in [6.45, 7) is 10.5. The molecule has 1 aromatic carbocycles. The molecule has 2 amide bonds. The van der Waals surface area contributed by atoms with Crippen LogP contribution < -0.4 is 10.1 Å². The maximum Gasteiger partial charge on any atom is 0.334 e. The maximum absolute atomic E-state index is 17.8. The second kappa shape index (κ2) is 12.9. The number of nitrogens with one attached hydrogen (secondary N) is 1. The van der Waals surface area contributed by atoms with E-state index in [-0.39, 0.29) is 42.1 Å². The summed E-state index contributed by atoms with van der Waals surface area (Å²) in [6, 6.07) is 4.98. The second-order valence-electron chi connectivity index (χ2n) is 13.2. The van der Waals surface area contributed by atoms with Gasteiger partial charge in [-0.25, -0.2) is 14.2 Å². The van der Waals surface area contributed by atoms with Crippen molar-refractivity contribution in [3.8, 4) is 5.75 Å². The Morgan fingerprint density at radius 1 is 1.18 bits per heavy atom. The van der Waals surface area contributed by atoms with Crippen LogP contribution in [0.15, 0.2) is 48.2 Å². The molecule has 244 valence electrons. The Bertz CT molecular complexity index is 1500. The number of hydrogen-bond donors (Lipinski definition) is 2. The van der Waals surface area contributed by atoms with E-state index in [0.717, 1.165) is 21.8 Å². The molecule has 1 aliphatic rings. The molecule has 13 heteroatoms. The summed E-state index contributed by atoms with van der Waals surface area (Å²) in [6.07, 6.45) is 4.01. The van der Waals surface area contributed by atoms with E-state index >= 15 is 4.39 Å². The van der Waals surface area contributed by atoms with Gasteiger partial charge in [0.25, 0.3) is 11.8 Å². The van der Waals surface area contributed by atoms with Gasteiger partial charge >= 0.3 is 5.97 Å². The highest BCUT2D eigenvalue weighted by molar-refractivity contribution is 7.09. The molecule has 1 fully saturated rings. The lowest BCUT2D eigenvalue weighted by Gasteiger charge is -2.40. The lowest BCUT2D eigenvalue weighted by molar-refractivity contribution is -0.168. The first-order valence-corrected chi connectivity index (χ1v) is 15.7. The van der Waals surface area contributed by atoms with Crippen molar-refractivity contribution in [2.75, 3.05) is 20.3 Å². The predicted molar refractivity (Wildman–Crippen MR) is 167 cm³/mol. The number of aliphatic hydroxyl groups excluding tert-OH is 1. The van der Waals surface area contributed by atoms with E-state index in [1.54, 1.807) is 56.6 Å². The average Bonchev–Trinajstić information content (AvgIpc) is 3.72. The fraction of sp³-hybridized carbons (Fsp3) is 0.531. The molecule has 4 rings (SSSR count). The number of thiazole rings is 1. The Morgan fingerprint density at radius 2 is 1.91 bits per heavy atom. The molecule has 2 aromatic heterocycles. The Morgan fingerprint density at radius 3 is 2.47 bits per heavy atom. The van der Waals surface area contributed by atoms with E-state index in [1.165, 1.54) is 24.2 Å². The number of hydrogen-bond acceptors (Lipinski definition) is 9. The standard InChI is InChI=1S/C32H42FN5O6S/c1-29(2,3)22-11-10-21(18-23(22)43-7)26(40)38-24(25-34-14-17-45-25)32(33,27(41)35-12-9-16-39)19-31(38,20-37-15-8-13-36-37)28(42)44-30(4,5)6/h8,10-11,13-15,17-18,24,39H,9,12,16,19-20H2,1-7H3,(H,35,41). The monoisotopic (exact) mass is 643 g/mol. The molecule has 3 heterocycles. The number of aliphatic hydroxyl groups is 1. The van der Waals surface area contributed by atoms with Crippen molar-refractivity contribution < 1.29 is 33.4 Å². The molecule has 0 radical (unpaired) electrons. The van der Waals surface area contributed by atoms with Crippen LogP contribution in [0.5, 0.6) is 5.75 Å². The van der Waals surface area contributed by atoms with E-state index in [2.05, 4.69) is 15.4 Å². The van der Waals surface area contributed by atoms with Crippen LogP contribution >= 0.6 is 11.3 Å². The smallest absolute Gasteiger partial charge is 0.334 e. The number of benzene rings is 1. The minimum Gasteiger partial charge on any atom is -0.496 e. The van der Waals surface area contributed by atoms with Gasteiger partial charge in [-0.3, -0.25) is 14.3 Å². The van der Waals surface area contributed by atoms with Gasteiger partial charge in [0.05, 0.1) is 13.7 Å². The Labute approximate surface area is 266 Å². The van der Waals surface area contributed by atoms with Crippen LogP contribution in [-0.4, -0.2) is 79.6 Å². The molecule has 2 N–H and O–H groups in total. The van der Waals surface area contributed by atoms with Crippen molar-refractivity contribution in [1.29, 1.82) is 0 Å². The van der Waals surface area contributed by atoms with Gasteiger partial charge in [-0.1, -0.05) is 26.8 Å². The van der Waals surface area contributed by atoms with Gasteiger partial charge in [-0.2, -0.15) is 5.10 Å². The van der Waals surface area contributed by atoms with Crippen molar-refractivity contribution in [2.45, 2.75) is 89.2 Å². The minimum absolute atomic E-state index is 0.0103. The minimum atomic E-state index is -2.82. The molecular weight excluding hydrogens is 601 g/mol. The molecule has 1 saturated heterocycles. The number of methoxy groups -OCH3 is 1. The summed E-state index contributed by atoms with van der Waals surface area (Å²) in [4.78, 5) is 48.5. The Hall–Kier alpha value is -3.84. The molecule has 0 saturated carbocycles. The quantitative estimate of drug-likeness (QED) is 0.248. The van der Waals surface area contributed by atoms with E-state index in [4.69, 9.17) is 9.47 Å². The zero-order chi connectivity index (χ0) is 33.2. The van der Waals surface area contributed by atoms with E-state index < -0.39 is 47.1 Å². The number of esters is 1. The van der Waals surface area contributed by atoms with Crippen LogP contribution in [0.25, 0.3) is 0 Å². The molecule has 0 spiro atoms. The number of likely N-dealkylation sites (tertiary alicyclic amines) is 1. The number of carbonyl (C=O) groups is 3. The van der Waals surface area contributed by atoms with Crippen molar-refractivity contribution in [2.24, 2.45) is 0 Å². The van der Waals surface area contributed by atoms with E-state index in [9.17, 15) is 19.5 Å². The van der Waals surface area contributed by atoms with Crippen LogP contribution in [0.4, 0.5) is 4.39 Å². The van der Waals surface area contributed by atoms with E-state index in [0.29, 0.717) is 5.75 Å². The lowest BCUT2D eigenvalue weighted by Crippen LogP contribution is -2.58. The van der Waals surface area contributed by atoms with Crippen LogP contribution in [0.1, 0.15) is 81.4 Å². The van der Waals surface area contributed by atoms with Gasteiger partial charge in [-0.05, 0) is 56.4 Å². The molecule has 0 bridgehead atoms. The number of carbonyl (C=O) groups excluding carboxylic acids is 3. The third-order valence-electron chi connectivity index (χ3n) is 7.62. The van der Waals surface area contributed by atoms with Crippen molar-refractivity contribution in [3.63, 3.8) is 0 Å². The van der Waals surface area contributed by atoms with Gasteiger partial charge < -0.3 is 24.8 Å². The van der Waals surface area contributed by atoms with E-state index in [1.807, 2.05) is 20.8 Å². The number of ether oxygens (including phenoxy) is 2. The van der Waals surface area contributed by atoms with Gasteiger partial charge in [0.1, 0.15) is 22.4 Å². The zero-order valence-electron chi connectivity index (χ0n) is 26.8. The van der Waals surface area contributed by atoms with Crippen molar-refractivity contribution in [1.82, 2.24) is 25.0 Å². The van der Waals surface area contributed by atoms with Crippen molar-refractivity contribution >= 4 is 29.1 Å². The molecular formula is C32H42FN5O6S. The fourth-order valence-electron chi connectivity index (χ4n) is 5.66. The molecule has 0 aliphatic carbocycles. The Balaban J connectivity index is 2.00. The number of amides is 2. The van der Waals surface area contributed by atoms with Gasteiger partial charge in [0, 0.05) is 49.1 Å². The summed E-state index contributed by atoms with van der Waals surface area (Å²) in [5.41, 5.74) is -5.21. The van der Waals surface area contributed by atoms with Crippen molar-refractivity contribution in [3.05, 3.63) is 64.4 Å². The summed E-state index contributed by atoms with van der Waals surface area (Å²) in [5.74, 6) is -2.18. The van der Waals surface area contributed by atoms with Crippen LogP contribution in [0.3, 0.4) is 0 Å². The maximum atomic E-state index is 17.8. The molecule has 45 heavy (non-hydrogen) atoms. The molecule has 11 nitrogen and oxygen atoms in total. The summed E-state index contributed by atoms with van der Waals surface area (Å²) in [7, 11) is 1.50. The average molecular weight is 644 g/mol. The Kier molecular flexibility index (Phi) is 9.74. The first-order chi connectivity index (χ1) is 21.1. The third-order valence-corrected chi connectivity index (χ3v) is 8.45. The first kappa shape index (κ1) is 34.0. The summed E-state index contributed by atoms with van der Waals surface area (Å²) >= 11 is 1.07. The fourth-order valence-corrected chi connectivity index (χ4v) is 6.47. The topological polar surface area (TPSA) is 136 Å². The molecule has 3 aromatic rings. The number of nitrogens with zero attached hydrogens (tertiary/aromatic N) is 4. The lowest BCUT2D eigenvalue weighted by atomic mass is 9.85. The highest BCUT2D eigenvalue weighted by atomic mass is 32.1.